The number of hydrogen-bond donors (Lipinski definition) is 3. The number of ether oxygens (including phenoxy) is 2. The summed E-state index contributed by atoms with van der Waals surface area (Å²) in [5, 5.41) is 14.2. The number of carbonyl (C=O) groups is 6. The lowest BCUT2D eigenvalue weighted by molar-refractivity contribution is -0.170. The summed E-state index contributed by atoms with van der Waals surface area (Å²) in [6, 6.07) is 0. The molecule has 0 saturated carbocycles. The van der Waals surface area contributed by atoms with Crippen LogP contribution in [0.3, 0.4) is 0 Å². The Hall–Kier alpha value is -2.47. The van der Waals surface area contributed by atoms with E-state index in [0.717, 1.165) is 11.8 Å². The molecule has 1 aliphatic heterocycles. The van der Waals surface area contributed by atoms with Gasteiger partial charge in [0.1, 0.15) is 12.4 Å². The van der Waals surface area contributed by atoms with E-state index < -0.39 is 41.3 Å². The standard InChI is InChI=1S/C21H32N2O9S/c1-13(24)10-17(28)32-19-20(30)23-7-6-15(26)22-8-9-33-18(29)11-14(25)4-5-16(27)31-12-21(19,2)3/h13,19,24H,4-12H2,1-3H3,(H,22,26)(H,23,30)/t13-,19-/m0/s1. The summed E-state index contributed by atoms with van der Waals surface area (Å²) < 4.78 is 10.5. The highest BCUT2D eigenvalue weighted by molar-refractivity contribution is 8.13. The topological polar surface area (TPSA) is 165 Å². The highest BCUT2D eigenvalue weighted by Crippen LogP contribution is 2.25. The zero-order valence-electron chi connectivity index (χ0n) is 19.1. The van der Waals surface area contributed by atoms with Crippen molar-refractivity contribution >= 4 is 46.4 Å². The largest absolute Gasteiger partial charge is 0.465 e. The van der Waals surface area contributed by atoms with Gasteiger partial charge in [-0.2, -0.15) is 0 Å². The molecule has 0 unspecified atom stereocenters. The molecule has 12 heteroatoms. The van der Waals surface area contributed by atoms with Crippen molar-refractivity contribution in [3.63, 3.8) is 0 Å². The Morgan fingerprint density at radius 2 is 1.85 bits per heavy atom. The van der Waals surface area contributed by atoms with E-state index in [1.807, 2.05) is 0 Å². The molecular weight excluding hydrogens is 456 g/mol. The van der Waals surface area contributed by atoms with Gasteiger partial charge in [0.2, 0.25) is 5.91 Å². The fourth-order valence-corrected chi connectivity index (χ4v) is 3.48. The van der Waals surface area contributed by atoms with Gasteiger partial charge < -0.3 is 25.2 Å². The van der Waals surface area contributed by atoms with E-state index in [-0.39, 0.29) is 68.6 Å². The molecule has 186 valence electrons. The summed E-state index contributed by atoms with van der Waals surface area (Å²) in [6.07, 6.45) is -3.45. The fourth-order valence-electron chi connectivity index (χ4n) is 2.78. The van der Waals surface area contributed by atoms with Crippen molar-refractivity contribution in [2.45, 2.75) is 65.1 Å². The molecule has 1 saturated heterocycles. The van der Waals surface area contributed by atoms with Crippen molar-refractivity contribution < 1.29 is 43.3 Å². The first-order valence-electron chi connectivity index (χ1n) is 10.7. The second kappa shape index (κ2) is 13.9. The molecule has 0 aromatic heterocycles. The number of aliphatic hydroxyl groups excluding tert-OH is 1. The Morgan fingerprint density at radius 3 is 2.52 bits per heavy atom. The molecule has 0 aliphatic carbocycles. The van der Waals surface area contributed by atoms with Crippen LogP contribution in [0.1, 0.15) is 52.9 Å². The molecule has 1 rings (SSSR count). The lowest BCUT2D eigenvalue weighted by atomic mass is 9.86. The average Bonchev–Trinajstić information content (AvgIpc) is 2.71. The monoisotopic (exact) mass is 488 g/mol. The maximum Gasteiger partial charge on any atom is 0.309 e. The number of aliphatic hydroxyl groups is 1. The van der Waals surface area contributed by atoms with Gasteiger partial charge in [0.05, 0.1) is 25.4 Å². The lowest BCUT2D eigenvalue weighted by Gasteiger charge is -2.32. The summed E-state index contributed by atoms with van der Waals surface area (Å²) in [6.45, 7) is 4.37. The molecular formula is C21H32N2O9S. The Bertz CT molecular complexity index is 752. The third-order valence-corrected chi connectivity index (χ3v) is 5.43. The van der Waals surface area contributed by atoms with E-state index in [1.165, 1.54) is 6.92 Å². The summed E-state index contributed by atoms with van der Waals surface area (Å²) in [5.74, 6) is -2.67. The molecule has 1 aliphatic rings. The second-order valence-electron chi connectivity index (χ2n) is 8.40. The van der Waals surface area contributed by atoms with Gasteiger partial charge in [-0.05, 0) is 6.92 Å². The molecule has 2 amide bonds. The molecule has 11 nitrogen and oxygen atoms in total. The number of amides is 2. The van der Waals surface area contributed by atoms with E-state index in [9.17, 15) is 33.9 Å². The summed E-state index contributed by atoms with van der Waals surface area (Å²) in [7, 11) is 0. The molecule has 1 heterocycles. The molecule has 0 spiro atoms. The predicted octanol–water partition coefficient (Wildman–Crippen LogP) is -0.126. The minimum atomic E-state index is -1.36. The van der Waals surface area contributed by atoms with Gasteiger partial charge in [-0.15, -0.1) is 0 Å². The maximum atomic E-state index is 12.7. The second-order valence-corrected chi connectivity index (χ2v) is 9.55. The predicted molar refractivity (Wildman–Crippen MR) is 118 cm³/mol. The van der Waals surface area contributed by atoms with Crippen molar-refractivity contribution in [3.05, 3.63) is 0 Å². The zero-order chi connectivity index (χ0) is 25.0. The molecule has 0 aromatic carbocycles. The number of cyclic esters (lactones) is 1. The van der Waals surface area contributed by atoms with E-state index in [1.54, 1.807) is 13.8 Å². The van der Waals surface area contributed by atoms with Crippen LogP contribution in [-0.2, 0) is 38.2 Å². The quantitative estimate of drug-likeness (QED) is 0.360. The van der Waals surface area contributed by atoms with Crippen LogP contribution in [0, 0.1) is 5.41 Å². The maximum absolute atomic E-state index is 12.7. The molecule has 0 bridgehead atoms. The highest BCUT2D eigenvalue weighted by Gasteiger charge is 2.40. The molecule has 0 radical (unpaired) electrons. The third-order valence-electron chi connectivity index (χ3n) is 4.55. The number of Topliss-reactive ketones (excluding diaryl/α,β-unsaturated/α-hetero) is 1. The van der Waals surface area contributed by atoms with Gasteiger partial charge >= 0.3 is 11.9 Å². The first-order chi connectivity index (χ1) is 15.4. The third kappa shape index (κ3) is 11.8. The average molecular weight is 489 g/mol. The molecule has 33 heavy (non-hydrogen) atoms. The number of esters is 2. The van der Waals surface area contributed by atoms with Crippen LogP contribution in [0.25, 0.3) is 0 Å². The minimum absolute atomic E-state index is 0.0361. The minimum Gasteiger partial charge on any atom is -0.465 e. The Balaban J connectivity index is 2.95. The van der Waals surface area contributed by atoms with Crippen LogP contribution in [0.15, 0.2) is 0 Å². The van der Waals surface area contributed by atoms with Gasteiger partial charge in [0, 0.05) is 37.1 Å². The zero-order valence-corrected chi connectivity index (χ0v) is 20.0. The van der Waals surface area contributed by atoms with Crippen LogP contribution in [0.2, 0.25) is 0 Å². The van der Waals surface area contributed by atoms with Gasteiger partial charge in [0.15, 0.2) is 11.2 Å². The van der Waals surface area contributed by atoms with Crippen LogP contribution in [-0.4, -0.2) is 77.4 Å². The van der Waals surface area contributed by atoms with E-state index in [2.05, 4.69) is 10.6 Å². The first-order valence-corrected chi connectivity index (χ1v) is 11.6. The van der Waals surface area contributed by atoms with Crippen molar-refractivity contribution in [2.75, 3.05) is 25.4 Å². The van der Waals surface area contributed by atoms with Gasteiger partial charge in [-0.1, -0.05) is 25.6 Å². The van der Waals surface area contributed by atoms with Crippen LogP contribution >= 0.6 is 11.8 Å². The number of thioether (sulfide) groups is 1. The summed E-state index contributed by atoms with van der Waals surface area (Å²) in [4.78, 5) is 72.6. The van der Waals surface area contributed by atoms with E-state index in [0.29, 0.717) is 0 Å². The number of hydrogen-bond acceptors (Lipinski definition) is 10. The van der Waals surface area contributed by atoms with Gasteiger partial charge in [-0.25, -0.2) is 0 Å². The van der Waals surface area contributed by atoms with Crippen LogP contribution in [0.4, 0.5) is 0 Å². The van der Waals surface area contributed by atoms with Crippen molar-refractivity contribution in [1.82, 2.24) is 10.6 Å². The van der Waals surface area contributed by atoms with Crippen LogP contribution in [0.5, 0.6) is 0 Å². The fraction of sp³-hybridized carbons (Fsp3) is 0.714. The van der Waals surface area contributed by atoms with Crippen molar-refractivity contribution in [2.24, 2.45) is 5.41 Å². The van der Waals surface area contributed by atoms with Gasteiger partial charge in [0.25, 0.3) is 5.91 Å². The highest BCUT2D eigenvalue weighted by atomic mass is 32.2. The Labute approximate surface area is 196 Å². The van der Waals surface area contributed by atoms with E-state index in [4.69, 9.17) is 9.47 Å². The molecule has 3 N–H and O–H groups in total. The lowest BCUT2D eigenvalue weighted by Crippen LogP contribution is -2.49. The van der Waals surface area contributed by atoms with Crippen molar-refractivity contribution in [1.29, 1.82) is 0 Å². The number of ketones is 1. The number of carbonyl (C=O) groups excluding carboxylic acids is 6. The van der Waals surface area contributed by atoms with Gasteiger partial charge in [-0.3, -0.25) is 28.8 Å². The summed E-state index contributed by atoms with van der Waals surface area (Å²) >= 11 is 0.913. The summed E-state index contributed by atoms with van der Waals surface area (Å²) in [5.41, 5.74) is -1.16. The molecule has 1 fully saturated rings. The number of rotatable bonds is 3. The SMILES string of the molecule is C[C@H](O)CC(=O)O[C@H]1C(=O)NCCC(=O)NCCSC(=O)CC(=O)CCC(=O)OCC1(C)C. The smallest absolute Gasteiger partial charge is 0.309 e. The first kappa shape index (κ1) is 28.6. The van der Waals surface area contributed by atoms with Crippen LogP contribution < -0.4 is 10.6 Å². The molecule has 0 aromatic rings. The van der Waals surface area contributed by atoms with Crippen molar-refractivity contribution in [3.8, 4) is 0 Å². The Morgan fingerprint density at radius 1 is 1.15 bits per heavy atom. The number of nitrogens with one attached hydrogen (secondary N) is 2. The normalized spacial score (nSPS) is 23.2. The van der Waals surface area contributed by atoms with E-state index >= 15 is 0 Å². The molecule has 2 atom stereocenters. The Kier molecular flexibility index (Phi) is 12.1.